The van der Waals surface area contributed by atoms with Gasteiger partial charge in [-0.15, -0.1) is 11.3 Å². The van der Waals surface area contributed by atoms with Gasteiger partial charge in [-0.2, -0.15) is 0 Å². The molecule has 21 heavy (non-hydrogen) atoms. The Morgan fingerprint density at radius 2 is 2.05 bits per heavy atom. The van der Waals surface area contributed by atoms with Crippen molar-refractivity contribution in [2.24, 2.45) is 0 Å². The maximum absolute atomic E-state index is 11.8. The van der Waals surface area contributed by atoms with Crippen LogP contribution < -0.4 is 5.32 Å². The zero-order chi connectivity index (χ0) is 15.1. The van der Waals surface area contributed by atoms with Crippen molar-refractivity contribution in [3.8, 4) is 0 Å². The Kier molecular flexibility index (Phi) is 5.72. The third-order valence-electron chi connectivity index (χ3n) is 3.05. The first-order valence-corrected chi connectivity index (χ1v) is 7.61. The quantitative estimate of drug-likeness (QED) is 0.828. The lowest BCUT2D eigenvalue weighted by Crippen LogP contribution is -2.27. The molecule has 2 aromatic rings. The summed E-state index contributed by atoms with van der Waals surface area (Å²) in [4.78, 5) is 14.2. The predicted molar refractivity (Wildman–Crippen MR) is 87.3 cm³/mol. The standard InChI is InChI=1S/C17H19NO2S/c1-13-8-10-16(21-13)15(20-2)12-18-17(19)11-9-14-6-4-3-5-7-14/h3-11,15H,12H2,1-2H3,(H,18,19). The molecule has 2 rings (SSSR count). The molecular weight excluding hydrogens is 282 g/mol. The van der Waals surface area contributed by atoms with Gasteiger partial charge in [-0.1, -0.05) is 30.3 Å². The van der Waals surface area contributed by atoms with Gasteiger partial charge in [0.1, 0.15) is 6.10 Å². The highest BCUT2D eigenvalue weighted by molar-refractivity contribution is 7.12. The van der Waals surface area contributed by atoms with Crippen molar-refractivity contribution in [3.63, 3.8) is 0 Å². The van der Waals surface area contributed by atoms with Crippen LogP contribution in [0.3, 0.4) is 0 Å². The number of benzene rings is 1. The zero-order valence-electron chi connectivity index (χ0n) is 12.2. The summed E-state index contributed by atoms with van der Waals surface area (Å²) in [6.45, 7) is 2.52. The summed E-state index contributed by atoms with van der Waals surface area (Å²) in [6, 6.07) is 13.8. The van der Waals surface area contributed by atoms with E-state index < -0.39 is 0 Å². The lowest BCUT2D eigenvalue weighted by atomic mass is 10.2. The van der Waals surface area contributed by atoms with Gasteiger partial charge in [-0.25, -0.2) is 0 Å². The molecule has 1 aromatic carbocycles. The van der Waals surface area contributed by atoms with Crippen LogP contribution in [0.25, 0.3) is 6.08 Å². The normalized spacial score (nSPS) is 12.5. The number of carbonyl (C=O) groups is 1. The summed E-state index contributed by atoms with van der Waals surface area (Å²) in [5, 5.41) is 2.87. The van der Waals surface area contributed by atoms with Gasteiger partial charge in [0, 0.05) is 29.5 Å². The van der Waals surface area contributed by atoms with Crippen molar-refractivity contribution >= 4 is 23.3 Å². The number of amides is 1. The molecule has 1 atom stereocenters. The molecule has 0 aliphatic heterocycles. The first-order chi connectivity index (χ1) is 10.2. The van der Waals surface area contributed by atoms with Gasteiger partial charge in [0.05, 0.1) is 0 Å². The fourth-order valence-corrected chi connectivity index (χ4v) is 2.87. The van der Waals surface area contributed by atoms with Crippen molar-refractivity contribution in [1.29, 1.82) is 0 Å². The van der Waals surface area contributed by atoms with E-state index in [-0.39, 0.29) is 12.0 Å². The van der Waals surface area contributed by atoms with Crippen molar-refractivity contribution in [2.75, 3.05) is 13.7 Å². The monoisotopic (exact) mass is 301 g/mol. The molecule has 1 aromatic heterocycles. The van der Waals surface area contributed by atoms with E-state index in [1.165, 1.54) is 4.88 Å². The molecule has 1 amide bonds. The molecular formula is C17H19NO2S. The summed E-state index contributed by atoms with van der Waals surface area (Å²) in [5.41, 5.74) is 1.00. The number of thiophene rings is 1. The van der Waals surface area contributed by atoms with Gasteiger partial charge < -0.3 is 10.1 Å². The topological polar surface area (TPSA) is 38.3 Å². The van der Waals surface area contributed by atoms with Crippen LogP contribution in [0.5, 0.6) is 0 Å². The highest BCUT2D eigenvalue weighted by Gasteiger charge is 2.12. The first kappa shape index (κ1) is 15.5. The molecule has 3 nitrogen and oxygen atoms in total. The Morgan fingerprint density at radius 1 is 1.29 bits per heavy atom. The molecule has 0 saturated carbocycles. The van der Waals surface area contributed by atoms with Gasteiger partial charge in [0.2, 0.25) is 5.91 Å². The largest absolute Gasteiger partial charge is 0.374 e. The van der Waals surface area contributed by atoms with E-state index in [1.54, 1.807) is 30.6 Å². The SMILES string of the molecule is COC(CNC(=O)C=Cc1ccccc1)c1ccc(C)s1. The number of methoxy groups -OCH3 is 1. The van der Waals surface area contributed by atoms with Gasteiger partial charge in [-0.05, 0) is 30.7 Å². The Bertz CT molecular complexity index is 604. The highest BCUT2D eigenvalue weighted by atomic mass is 32.1. The number of carbonyl (C=O) groups excluding carboxylic acids is 1. The predicted octanol–water partition coefficient (Wildman–Crippen LogP) is 3.57. The van der Waals surface area contributed by atoms with Crippen molar-refractivity contribution in [3.05, 3.63) is 63.9 Å². The second-order valence-electron chi connectivity index (χ2n) is 4.66. The van der Waals surface area contributed by atoms with Gasteiger partial charge >= 0.3 is 0 Å². The second kappa shape index (κ2) is 7.76. The number of ether oxygens (including phenoxy) is 1. The third kappa shape index (κ3) is 4.85. The van der Waals surface area contributed by atoms with E-state index >= 15 is 0 Å². The van der Waals surface area contributed by atoms with E-state index in [2.05, 4.69) is 18.3 Å². The van der Waals surface area contributed by atoms with Crippen LogP contribution in [0.2, 0.25) is 0 Å². The first-order valence-electron chi connectivity index (χ1n) is 6.79. The summed E-state index contributed by atoms with van der Waals surface area (Å²) in [6.07, 6.45) is 3.24. The Morgan fingerprint density at radius 3 is 2.67 bits per heavy atom. The maximum atomic E-state index is 11.8. The van der Waals surface area contributed by atoms with E-state index in [4.69, 9.17) is 4.74 Å². The summed E-state index contributed by atoms with van der Waals surface area (Å²) in [7, 11) is 1.66. The van der Waals surface area contributed by atoms with Crippen LogP contribution in [0.4, 0.5) is 0 Å². The van der Waals surface area contributed by atoms with Crippen LogP contribution in [-0.2, 0) is 9.53 Å². The lowest BCUT2D eigenvalue weighted by molar-refractivity contribution is -0.117. The molecule has 0 radical (unpaired) electrons. The minimum atomic E-state index is -0.116. The number of aryl methyl sites for hydroxylation is 1. The van der Waals surface area contributed by atoms with Crippen molar-refractivity contribution in [2.45, 2.75) is 13.0 Å². The molecule has 0 spiro atoms. The van der Waals surface area contributed by atoms with Gasteiger partial charge in [0.15, 0.2) is 0 Å². The van der Waals surface area contributed by atoms with Crippen LogP contribution in [0.1, 0.15) is 21.4 Å². The van der Waals surface area contributed by atoms with Crippen LogP contribution >= 0.6 is 11.3 Å². The summed E-state index contributed by atoms with van der Waals surface area (Å²) >= 11 is 1.69. The maximum Gasteiger partial charge on any atom is 0.244 e. The van der Waals surface area contributed by atoms with E-state index in [1.807, 2.05) is 36.4 Å². The molecule has 110 valence electrons. The van der Waals surface area contributed by atoms with Gasteiger partial charge in [-0.3, -0.25) is 4.79 Å². The second-order valence-corrected chi connectivity index (χ2v) is 5.98. The van der Waals surface area contributed by atoms with Gasteiger partial charge in [0.25, 0.3) is 0 Å². The molecule has 1 heterocycles. The number of nitrogens with one attached hydrogen (secondary N) is 1. The Hall–Kier alpha value is -1.91. The van der Waals surface area contributed by atoms with E-state index in [0.29, 0.717) is 6.54 Å². The molecule has 0 saturated heterocycles. The molecule has 4 heteroatoms. The number of hydrogen-bond donors (Lipinski definition) is 1. The molecule has 0 aliphatic rings. The minimum absolute atomic E-state index is 0.0993. The molecule has 0 fully saturated rings. The number of rotatable bonds is 6. The van der Waals surface area contributed by atoms with Crippen LogP contribution in [-0.4, -0.2) is 19.6 Å². The summed E-state index contributed by atoms with van der Waals surface area (Å²) < 4.78 is 5.43. The van der Waals surface area contributed by atoms with Crippen LogP contribution in [0.15, 0.2) is 48.5 Å². The minimum Gasteiger partial charge on any atom is -0.374 e. The van der Waals surface area contributed by atoms with Crippen LogP contribution in [0, 0.1) is 6.92 Å². The molecule has 0 bridgehead atoms. The van der Waals surface area contributed by atoms with Crippen molar-refractivity contribution < 1.29 is 9.53 Å². The van der Waals surface area contributed by atoms with Crippen molar-refractivity contribution in [1.82, 2.24) is 5.32 Å². The third-order valence-corrected chi connectivity index (χ3v) is 4.14. The average molecular weight is 301 g/mol. The molecule has 1 N–H and O–H groups in total. The molecule has 0 aliphatic carbocycles. The summed E-state index contributed by atoms with van der Waals surface area (Å²) in [5.74, 6) is -0.116. The smallest absolute Gasteiger partial charge is 0.244 e. The Balaban J connectivity index is 1.86. The zero-order valence-corrected chi connectivity index (χ0v) is 13.0. The van der Waals surface area contributed by atoms with E-state index in [0.717, 1.165) is 10.4 Å². The molecule has 1 unspecified atom stereocenters. The van der Waals surface area contributed by atoms with E-state index in [9.17, 15) is 4.79 Å². The lowest BCUT2D eigenvalue weighted by Gasteiger charge is -2.13. The average Bonchev–Trinajstić information content (AvgIpc) is 2.93. The Labute approximate surface area is 129 Å². The highest BCUT2D eigenvalue weighted by Crippen LogP contribution is 2.24. The fourth-order valence-electron chi connectivity index (χ4n) is 1.91. The number of hydrogen-bond acceptors (Lipinski definition) is 3. The fraction of sp³-hybridized carbons (Fsp3) is 0.235.